The number of hydrogen-bond acceptors (Lipinski definition) is 2. The van der Waals surface area contributed by atoms with Crippen molar-refractivity contribution in [2.75, 3.05) is 6.54 Å². The number of halogens is 1. The molecule has 0 heterocycles. The predicted octanol–water partition coefficient (Wildman–Crippen LogP) is 1.64. The van der Waals surface area contributed by atoms with E-state index < -0.39 is 0 Å². The van der Waals surface area contributed by atoms with Crippen LogP contribution in [-0.4, -0.2) is 17.6 Å². The second-order valence-electron chi connectivity index (χ2n) is 2.88. The highest BCUT2D eigenvalue weighted by Gasteiger charge is 1.96. The second kappa shape index (κ2) is 5.42. The number of rotatable bonds is 1. The van der Waals surface area contributed by atoms with Crippen LogP contribution in [0.5, 0.6) is 5.75 Å². The van der Waals surface area contributed by atoms with Gasteiger partial charge in [-0.25, -0.2) is 0 Å². The first kappa shape index (κ1) is 11.6. The van der Waals surface area contributed by atoms with Crippen molar-refractivity contribution in [2.45, 2.75) is 6.92 Å². The molecule has 3 nitrogen and oxygen atoms in total. The van der Waals surface area contributed by atoms with Gasteiger partial charge in [-0.3, -0.25) is 4.79 Å². The summed E-state index contributed by atoms with van der Waals surface area (Å²) in [7, 11) is 0. The fourth-order valence-electron chi connectivity index (χ4n) is 0.900. The maximum Gasteiger partial charge on any atom is 0.217 e. The first-order chi connectivity index (χ1) is 7.09. The Kier molecular flexibility index (Phi) is 4.19. The van der Waals surface area contributed by atoms with E-state index in [0.29, 0.717) is 11.0 Å². The SMILES string of the molecule is CC(=O)NCC#Cc1ccc(O)c(Br)c1. The number of nitrogens with one attached hydrogen (secondary N) is 1. The van der Waals surface area contributed by atoms with Crippen LogP contribution in [0.2, 0.25) is 0 Å². The Labute approximate surface area is 96.6 Å². The lowest BCUT2D eigenvalue weighted by atomic mass is 10.2. The molecule has 0 aliphatic rings. The van der Waals surface area contributed by atoms with Crippen LogP contribution in [-0.2, 0) is 4.79 Å². The highest BCUT2D eigenvalue weighted by molar-refractivity contribution is 9.10. The van der Waals surface area contributed by atoms with Gasteiger partial charge in [0.15, 0.2) is 0 Å². The van der Waals surface area contributed by atoms with Crippen LogP contribution in [0.15, 0.2) is 22.7 Å². The molecule has 0 bridgehead atoms. The van der Waals surface area contributed by atoms with Gasteiger partial charge in [0.25, 0.3) is 0 Å². The summed E-state index contributed by atoms with van der Waals surface area (Å²) in [5.74, 6) is 5.74. The van der Waals surface area contributed by atoms with Gasteiger partial charge in [0.1, 0.15) is 5.75 Å². The smallest absolute Gasteiger partial charge is 0.217 e. The van der Waals surface area contributed by atoms with Crippen molar-refractivity contribution in [3.8, 4) is 17.6 Å². The Morgan fingerprint density at radius 2 is 2.33 bits per heavy atom. The Balaban J connectivity index is 2.64. The Hall–Kier alpha value is -1.47. The van der Waals surface area contributed by atoms with Gasteiger partial charge in [-0.1, -0.05) is 11.8 Å². The Bertz CT molecular complexity index is 432. The van der Waals surface area contributed by atoms with Crippen LogP contribution >= 0.6 is 15.9 Å². The lowest BCUT2D eigenvalue weighted by molar-refractivity contribution is -0.118. The van der Waals surface area contributed by atoms with Gasteiger partial charge >= 0.3 is 0 Å². The quantitative estimate of drug-likeness (QED) is 0.761. The minimum absolute atomic E-state index is 0.101. The molecular weight excluding hydrogens is 258 g/mol. The van der Waals surface area contributed by atoms with Crippen molar-refractivity contribution >= 4 is 21.8 Å². The third-order valence-corrected chi connectivity index (χ3v) is 2.24. The van der Waals surface area contributed by atoms with Crippen molar-refractivity contribution in [1.82, 2.24) is 5.32 Å². The average Bonchev–Trinajstić information content (AvgIpc) is 2.18. The fourth-order valence-corrected chi connectivity index (χ4v) is 1.28. The fraction of sp³-hybridized carbons (Fsp3) is 0.182. The summed E-state index contributed by atoms with van der Waals surface area (Å²) >= 11 is 3.19. The summed E-state index contributed by atoms with van der Waals surface area (Å²) in [5.41, 5.74) is 0.782. The molecule has 0 aromatic heterocycles. The van der Waals surface area contributed by atoms with Gasteiger partial charge < -0.3 is 10.4 Å². The Morgan fingerprint density at radius 1 is 1.60 bits per heavy atom. The number of phenolic OH excluding ortho intramolecular Hbond substituents is 1. The maximum atomic E-state index is 10.5. The molecule has 0 saturated heterocycles. The molecule has 1 amide bonds. The molecule has 0 saturated carbocycles. The molecule has 0 spiro atoms. The molecule has 0 aliphatic carbocycles. The average molecular weight is 268 g/mol. The van der Waals surface area contributed by atoms with E-state index in [4.69, 9.17) is 0 Å². The van der Waals surface area contributed by atoms with Gasteiger partial charge in [-0.15, -0.1) is 0 Å². The number of benzene rings is 1. The van der Waals surface area contributed by atoms with Gasteiger partial charge in [0.05, 0.1) is 11.0 Å². The summed E-state index contributed by atoms with van der Waals surface area (Å²) in [6.45, 7) is 1.77. The van der Waals surface area contributed by atoms with Gasteiger partial charge in [0, 0.05) is 12.5 Å². The van der Waals surface area contributed by atoms with Crippen molar-refractivity contribution in [3.63, 3.8) is 0 Å². The first-order valence-corrected chi connectivity index (χ1v) is 5.10. The zero-order chi connectivity index (χ0) is 11.3. The van der Waals surface area contributed by atoms with Gasteiger partial charge in [0.2, 0.25) is 5.91 Å². The minimum atomic E-state index is -0.101. The van der Waals surface area contributed by atoms with E-state index in [1.807, 2.05) is 0 Å². The molecule has 1 aromatic rings. The summed E-state index contributed by atoms with van der Waals surface area (Å²) in [6, 6.07) is 4.99. The van der Waals surface area contributed by atoms with Crippen LogP contribution in [0.3, 0.4) is 0 Å². The normalized spacial score (nSPS) is 8.93. The molecular formula is C11H10BrNO2. The maximum absolute atomic E-state index is 10.5. The van der Waals surface area contributed by atoms with E-state index in [-0.39, 0.29) is 11.7 Å². The molecule has 2 N–H and O–H groups in total. The van der Waals surface area contributed by atoms with Crippen LogP contribution < -0.4 is 5.32 Å². The standard InChI is InChI=1S/C11H10BrNO2/c1-8(14)13-6-2-3-9-4-5-11(15)10(12)7-9/h4-5,7,15H,6H2,1H3,(H,13,14). The van der Waals surface area contributed by atoms with Crippen molar-refractivity contribution in [2.24, 2.45) is 0 Å². The van der Waals surface area contributed by atoms with E-state index in [0.717, 1.165) is 5.56 Å². The topological polar surface area (TPSA) is 49.3 Å². The molecule has 1 rings (SSSR count). The molecule has 0 unspecified atom stereocenters. The molecule has 0 fully saturated rings. The van der Waals surface area contributed by atoms with Gasteiger partial charge in [-0.2, -0.15) is 0 Å². The molecule has 0 atom stereocenters. The molecule has 1 aromatic carbocycles. The van der Waals surface area contributed by atoms with E-state index in [9.17, 15) is 9.90 Å². The summed E-state index contributed by atoms with van der Waals surface area (Å²) in [5, 5.41) is 11.8. The number of carbonyl (C=O) groups excluding carboxylic acids is 1. The van der Waals surface area contributed by atoms with Crippen LogP contribution in [0.1, 0.15) is 12.5 Å². The van der Waals surface area contributed by atoms with E-state index in [2.05, 4.69) is 33.1 Å². The number of aromatic hydroxyl groups is 1. The zero-order valence-electron chi connectivity index (χ0n) is 8.17. The molecule has 78 valence electrons. The minimum Gasteiger partial charge on any atom is -0.507 e. The number of phenols is 1. The number of hydrogen-bond donors (Lipinski definition) is 2. The third-order valence-electron chi connectivity index (χ3n) is 1.61. The number of carbonyl (C=O) groups is 1. The monoisotopic (exact) mass is 267 g/mol. The third kappa shape index (κ3) is 4.05. The van der Waals surface area contributed by atoms with E-state index in [1.165, 1.54) is 6.92 Å². The summed E-state index contributed by atoms with van der Waals surface area (Å²) < 4.78 is 0.605. The molecule has 4 heteroatoms. The lowest BCUT2D eigenvalue weighted by Gasteiger charge is -1.96. The van der Waals surface area contributed by atoms with Crippen molar-refractivity contribution < 1.29 is 9.90 Å². The first-order valence-electron chi connectivity index (χ1n) is 4.31. The molecule has 0 aliphatic heterocycles. The molecule has 0 radical (unpaired) electrons. The number of amides is 1. The Morgan fingerprint density at radius 3 is 2.93 bits per heavy atom. The highest BCUT2D eigenvalue weighted by Crippen LogP contribution is 2.23. The zero-order valence-corrected chi connectivity index (χ0v) is 9.76. The summed E-state index contributed by atoms with van der Waals surface area (Å²) in [6.07, 6.45) is 0. The lowest BCUT2D eigenvalue weighted by Crippen LogP contribution is -2.19. The second-order valence-corrected chi connectivity index (χ2v) is 3.73. The van der Waals surface area contributed by atoms with E-state index in [1.54, 1.807) is 18.2 Å². The highest BCUT2D eigenvalue weighted by atomic mass is 79.9. The van der Waals surface area contributed by atoms with Crippen molar-refractivity contribution in [1.29, 1.82) is 0 Å². The van der Waals surface area contributed by atoms with Crippen LogP contribution in [0.25, 0.3) is 0 Å². The van der Waals surface area contributed by atoms with Crippen LogP contribution in [0, 0.1) is 11.8 Å². The largest absolute Gasteiger partial charge is 0.507 e. The predicted molar refractivity (Wildman–Crippen MR) is 61.4 cm³/mol. The summed E-state index contributed by atoms with van der Waals surface area (Å²) in [4.78, 5) is 10.5. The van der Waals surface area contributed by atoms with E-state index >= 15 is 0 Å². The van der Waals surface area contributed by atoms with Gasteiger partial charge in [-0.05, 0) is 34.1 Å². The van der Waals surface area contributed by atoms with Crippen LogP contribution in [0.4, 0.5) is 0 Å². The molecule has 15 heavy (non-hydrogen) atoms. The van der Waals surface area contributed by atoms with Crippen molar-refractivity contribution in [3.05, 3.63) is 28.2 Å².